The van der Waals surface area contributed by atoms with Crippen molar-refractivity contribution in [1.82, 2.24) is 5.32 Å². The number of thioether (sulfide) groups is 1. The quantitative estimate of drug-likeness (QED) is 0.258. The molecular formula is C24H16BrN3O5S. The van der Waals surface area contributed by atoms with E-state index in [1.807, 2.05) is 0 Å². The zero-order chi connectivity index (χ0) is 24.1. The van der Waals surface area contributed by atoms with Gasteiger partial charge in [-0.15, -0.1) is 0 Å². The summed E-state index contributed by atoms with van der Waals surface area (Å²) in [4.78, 5) is 39.5. The van der Waals surface area contributed by atoms with E-state index in [1.165, 1.54) is 12.1 Å². The lowest BCUT2D eigenvalue weighted by Crippen LogP contribution is -2.20. The molecule has 1 saturated heterocycles. The summed E-state index contributed by atoms with van der Waals surface area (Å²) in [5, 5.41) is 13.6. The van der Waals surface area contributed by atoms with Crippen molar-refractivity contribution in [2.24, 2.45) is 4.99 Å². The largest absolute Gasteiger partial charge is 0.488 e. The highest BCUT2D eigenvalue weighted by molar-refractivity contribution is 9.10. The smallest absolute Gasteiger partial charge is 0.279 e. The van der Waals surface area contributed by atoms with E-state index >= 15 is 0 Å². The monoisotopic (exact) mass is 537 g/mol. The second-order valence-corrected chi connectivity index (χ2v) is 8.99. The molecule has 0 saturated carbocycles. The first-order valence-electron chi connectivity index (χ1n) is 9.94. The van der Waals surface area contributed by atoms with Gasteiger partial charge in [-0.1, -0.05) is 34.1 Å². The molecule has 1 fully saturated rings. The average Bonchev–Trinajstić information content (AvgIpc) is 3.17. The fraction of sp³-hybridized carbons (Fsp3) is 0.0417. The van der Waals surface area contributed by atoms with Gasteiger partial charge in [0.1, 0.15) is 12.4 Å². The number of hydrogen-bond acceptors (Lipinski definition) is 6. The number of nitrogens with zero attached hydrogens (tertiary/aromatic N) is 2. The van der Waals surface area contributed by atoms with Crippen molar-refractivity contribution < 1.29 is 19.2 Å². The van der Waals surface area contributed by atoms with Crippen molar-refractivity contribution in [3.8, 4) is 5.75 Å². The first-order valence-corrected chi connectivity index (χ1v) is 11.5. The zero-order valence-corrected chi connectivity index (χ0v) is 19.8. The number of halogens is 1. The van der Waals surface area contributed by atoms with Crippen molar-refractivity contribution in [3.05, 3.63) is 109 Å². The molecule has 1 N–H and O–H groups in total. The van der Waals surface area contributed by atoms with Gasteiger partial charge in [-0.3, -0.25) is 19.7 Å². The van der Waals surface area contributed by atoms with Gasteiger partial charge in [-0.25, -0.2) is 0 Å². The lowest BCUT2D eigenvalue weighted by atomic mass is 10.1. The molecule has 8 nitrogen and oxygen atoms in total. The first kappa shape index (κ1) is 23.4. The van der Waals surface area contributed by atoms with Gasteiger partial charge in [0.2, 0.25) is 0 Å². The number of non-ortho nitro benzene ring substituents is 1. The number of hydrogen-bond donors (Lipinski definition) is 1. The van der Waals surface area contributed by atoms with Crippen LogP contribution in [-0.4, -0.2) is 21.9 Å². The highest BCUT2D eigenvalue weighted by atomic mass is 79.9. The van der Waals surface area contributed by atoms with Crippen molar-refractivity contribution in [2.75, 3.05) is 0 Å². The fourth-order valence-corrected chi connectivity index (χ4v) is 4.19. The third kappa shape index (κ3) is 5.77. The topological polar surface area (TPSA) is 111 Å². The van der Waals surface area contributed by atoms with E-state index in [4.69, 9.17) is 4.74 Å². The number of carbonyl (C=O) groups is 2. The molecule has 0 radical (unpaired) electrons. The van der Waals surface area contributed by atoms with E-state index in [2.05, 4.69) is 26.2 Å². The van der Waals surface area contributed by atoms with Crippen LogP contribution in [0, 0.1) is 10.1 Å². The Hall–Kier alpha value is -3.76. The second-order valence-electron chi connectivity index (χ2n) is 7.05. The van der Waals surface area contributed by atoms with E-state index in [-0.39, 0.29) is 23.4 Å². The number of carbonyl (C=O) groups excluding carboxylic acids is 2. The number of benzene rings is 3. The Bertz CT molecular complexity index is 1320. The molecule has 0 spiro atoms. The Morgan fingerprint density at radius 3 is 2.56 bits per heavy atom. The molecule has 0 aromatic heterocycles. The van der Waals surface area contributed by atoms with Crippen molar-refractivity contribution in [3.63, 3.8) is 0 Å². The Morgan fingerprint density at radius 1 is 1.12 bits per heavy atom. The van der Waals surface area contributed by atoms with Gasteiger partial charge < -0.3 is 10.1 Å². The zero-order valence-electron chi connectivity index (χ0n) is 17.4. The molecule has 0 bridgehead atoms. The average molecular weight is 538 g/mol. The maximum atomic E-state index is 12.5. The van der Waals surface area contributed by atoms with Crippen LogP contribution in [0.1, 0.15) is 21.5 Å². The third-order valence-corrected chi connectivity index (χ3v) is 6.08. The molecule has 3 aromatic rings. The van der Waals surface area contributed by atoms with E-state index < -0.39 is 10.8 Å². The summed E-state index contributed by atoms with van der Waals surface area (Å²) in [6.07, 6.45) is 1.66. The van der Waals surface area contributed by atoms with Gasteiger partial charge in [0.15, 0.2) is 5.17 Å². The van der Waals surface area contributed by atoms with Crippen LogP contribution in [0.15, 0.2) is 87.2 Å². The number of amidine groups is 1. The standard InChI is InChI=1S/C24H16BrN3O5S/c25-18-8-11-20(33-14-15-6-9-19(10-7-15)28(31)32)17(12-18)13-21-23(30)27-24(34-21)26-22(29)16-4-2-1-3-5-16/h1-13H,14H2,(H,26,27,29,30)/b21-13-. The van der Waals surface area contributed by atoms with E-state index in [0.29, 0.717) is 21.8 Å². The number of ether oxygens (including phenoxy) is 1. The molecule has 2 amide bonds. The molecule has 0 unspecified atom stereocenters. The molecule has 170 valence electrons. The molecule has 1 aliphatic rings. The van der Waals surface area contributed by atoms with Crippen LogP contribution in [0.2, 0.25) is 0 Å². The van der Waals surface area contributed by atoms with Crippen LogP contribution in [0.5, 0.6) is 5.75 Å². The summed E-state index contributed by atoms with van der Waals surface area (Å²) in [6, 6.07) is 20.0. The Morgan fingerprint density at radius 2 is 1.85 bits per heavy atom. The summed E-state index contributed by atoms with van der Waals surface area (Å²) in [7, 11) is 0. The Balaban J connectivity index is 1.51. The van der Waals surface area contributed by atoms with Crippen molar-refractivity contribution >= 4 is 56.4 Å². The summed E-state index contributed by atoms with van der Waals surface area (Å²) in [5.74, 6) is -0.293. The summed E-state index contributed by atoms with van der Waals surface area (Å²) >= 11 is 4.49. The number of nitrogens with one attached hydrogen (secondary N) is 1. The van der Waals surface area contributed by atoms with Crippen LogP contribution in [-0.2, 0) is 11.4 Å². The molecule has 3 aromatic carbocycles. The normalized spacial score (nSPS) is 15.4. The van der Waals surface area contributed by atoms with Gasteiger partial charge in [-0.05, 0) is 65.9 Å². The van der Waals surface area contributed by atoms with Crippen molar-refractivity contribution in [2.45, 2.75) is 6.61 Å². The molecular weight excluding hydrogens is 522 g/mol. The van der Waals surface area contributed by atoms with Gasteiger partial charge in [-0.2, -0.15) is 4.99 Å². The maximum Gasteiger partial charge on any atom is 0.279 e. The van der Waals surface area contributed by atoms with Gasteiger partial charge in [0.05, 0.1) is 9.83 Å². The minimum atomic E-state index is -0.459. The predicted octanol–water partition coefficient (Wildman–Crippen LogP) is 5.34. The van der Waals surface area contributed by atoms with E-state index in [9.17, 15) is 19.7 Å². The number of rotatable bonds is 6. The lowest BCUT2D eigenvalue weighted by molar-refractivity contribution is -0.384. The molecule has 0 aliphatic carbocycles. The molecule has 0 atom stereocenters. The SMILES string of the molecule is O=C1NC(=NC(=O)c2ccccc2)S/C1=C\c1cc(Br)ccc1OCc1ccc([N+](=O)[O-])cc1. The van der Waals surface area contributed by atoms with Crippen LogP contribution in [0.4, 0.5) is 5.69 Å². The number of amides is 2. The number of aliphatic imine (C=N–C) groups is 1. The molecule has 4 rings (SSSR count). The number of nitro groups is 1. The van der Waals surface area contributed by atoms with E-state index in [0.717, 1.165) is 21.8 Å². The number of nitro benzene ring substituents is 1. The highest BCUT2D eigenvalue weighted by Gasteiger charge is 2.25. The van der Waals surface area contributed by atoms with Gasteiger partial charge >= 0.3 is 0 Å². The lowest BCUT2D eigenvalue weighted by Gasteiger charge is -2.10. The molecule has 1 aliphatic heterocycles. The van der Waals surface area contributed by atoms with E-state index in [1.54, 1.807) is 66.7 Å². The minimum absolute atomic E-state index is 0.00491. The molecule has 34 heavy (non-hydrogen) atoms. The van der Waals surface area contributed by atoms with Crippen LogP contribution < -0.4 is 10.1 Å². The van der Waals surface area contributed by atoms with Gasteiger partial charge in [0.25, 0.3) is 17.5 Å². The summed E-state index contributed by atoms with van der Waals surface area (Å²) < 4.78 is 6.70. The van der Waals surface area contributed by atoms with Crippen LogP contribution in [0.25, 0.3) is 6.08 Å². The van der Waals surface area contributed by atoms with Crippen LogP contribution in [0.3, 0.4) is 0 Å². The Kier molecular flexibility index (Phi) is 7.19. The minimum Gasteiger partial charge on any atom is -0.488 e. The molecule has 1 heterocycles. The molecule has 10 heteroatoms. The van der Waals surface area contributed by atoms with Gasteiger partial charge in [0, 0.05) is 27.7 Å². The second kappa shape index (κ2) is 10.4. The predicted molar refractivity (Wildman–Crippen MR) is 133 cm³/mol. The first-order chi connectivity index (χ1) is 16.4. The fourth-order valence-electron chi connectivity index (χ4n) is 3.00. The highest BCUT2D eigenvalue weighted by Crippen LogP contribution is 2.31. The summed E-state index contributed by atoms with van der Waals surface area (Å²) in [5.41, 5.74) is 1.83. The van der Waals surface area contributed by atoms with Crippen LogP contribution >= 0.6 is 27.7 Å². The maximum absolute atomic E-state index is 12.5. The Labute approximate surface area is 207 Å². The third-order valence-electron chi connectivity index (χ3n) is 4.67. The summed E-state index contributed by atoms with van der Waals surface area (Å²) in [6.45, 7) is 0.188. The van der Waals surface area contributed by atoms with Crippen molar-refractivity contribution in [1.29, 1.82) is 0 Å².